The molecule has 0 saturated heterocycles. The summed E-state index contributed by atoms with van der Waals surface area (Å²) in [6.45, 7) is 4.58. The first-order valence-corrected chi connectivity index (χ1v) is 9.35. The number of hydrogen-bond acceptors (Lipinski definition) is 3. The van der Waals surface area contributed by atoms with Crippen LogP contribution in [0, 0.1) is 39.9 Å². The van der Waals surface area contributed by atoms with Gasteiger partial charge < -0.3 is 10.2 Å². The van der Waals surface area contributed by atoms with Crippen molar-refractivity contribution in [2.24, 2.45) is 28.6 Å². The largest absolute Gasteiger partial charge is 0.393 e. The summed E-state index contributed by atoms with van der Waals surface area (Å²) in [6, 6.07) is 2.25. The zero-order valence-electron chi connectivity index (χ0n) is 14.4. The zero-order chi connectivity index (χ0) is 16.5. The fourth-order valence-electron chi connectivity index (χ4n) is 6.84. The molecule has 0 heterocycles. The van der Waals surface area contributed by atoms with Gasteiger partial charge in [0.1, 0.15) is 0 Å². The fraction of sp³-hybridized carbons (Fsp3) is 0.850. The maximum absolute atomic E-state index is 10.9. The lowest BCUT2D eigenvalue weighted by atomic mass is 9.47. The van der Waals surface area contributed by atoms with E-state index in [9.17, 15) is 15.5 Å². The Balaban J connectivity index is 1.69. The Morgan fingerprint density at radius 3 is 2.61 bits per heavy atom. The summed E-state index contributed by atoms with van der Waals surface area (Å²) < 4.78 is 0. The van der Waals surface area contributed by atoms with E-state index in [4.69, 9.17) is 0 Å². The van der Waals surface area contributed by atoms with Gasteiger partial charge in [-0.2, -0.15) is 5.26 Å². The third kappa shape index (κ3) is 1.88. The highest BCUT2D eigenvalue weighted by Gasteiger charge is 2.64. The first-order chi connectivity index (χ1) is 10.8. The molecule has 3 heteroatoms. The van der Waals surface area contributed by atoms with Gasteiger partial charge in [0.25, 0.3) is 0 Å². The van der Waals surface area contributed by atoms with Crippen LogP contribution in [0.1, 0.15) is 65.2 Å². The average molecular weight is 315 g/mol. The van der Waals surface area contributed by atoms with Crippen molar-refractivity contribution in [3.63, 3.8) is 0 Å². The van der Waals surface area contributed by atoms with Crippen molar-refractivity contribution in [1.29, 1.82) is 5.26 Å². The van der Waals surface area contributed by atoms with Crippen molar-refractivity contribution < 1.29 is 10.2 Å². The molecule has 0 aliphatic heterocycles. The maximum atomic E-state index is 10.9. The van der Waals surface area contributed by atoms with Crippen LogP contribution in [0.2, 0.25) is 0 Å². The summed E-state index contributed by atoms with van der Waals surface area (Å²) >= 11 is 0. The summed E-state index contributed by atoms with van der Waals surface area (Å²) in [6.07, 6.45) is 9.89. The summed E-state index contributed by atoms with van der Waals surface area (Å²) in [4.78, 5) is 0. The predicted molar refractivity (Wildman–Crippen MR) is 88.3 cm³/mol. The van der Waals surface area contributed by atoms with Crippen molar-refractivity contribution in [3.05, 3.63) is 11.6 Å². The van der Waals surface area contributed by atoms with Gasteiger partial charge in [-0.3, -0.25) is 0 Å². The van der Waals surface area contributed by atoms with E-state index in [1.807, 2.05) is 0 Å². The van der Waals surface area contributed by atoms with Crippen molar-refractivity contribution >= 4 is 0 Å². The standard InChI is InChI=1S/C20H29NO2/c1-18-8-5-14(22)11-13(18)3-4-15-16(18)6-9-19(2)17(15)7-10-20(19,23)12-21/h3,14-17,22-23H,4-11H2,1-2H3/t14-,15+,16-,17-,18-,19+,20-/m0/s1. The molecule has 0 bridgehead atoms. The van der Waals surface area contributed by atoms with Crippen molar-refractivity contribution in [3.8, 4) is 6.07 Å². The molecule has 0 aromatic rings. The average Bonchev–Trinajstić information content (AvgIpc) is 2.80. The number of allylic oxidation sites excluding steroid dienone is 1. The summed E-state index contributed by atoms with van der Waals surface area (Å²) in [5.41, 5.74) is 0.348. The minimum atomic E-state index is -1.13. The lowest BCUT2D eigenvalue weighted by molar-refractivity contribution is -0.0978. The predicted octanol–water partition coefficient (Wildman–Crippen LogP) is 3.56. The van der Waals surface area contributed by atoms with Gasteiger partial charge >= 0.3 is 0 Å². The number of aliphatic hydroxyl groups is 2. The van der Waals surface area contributed by atoms with Gasteiger partial charge in [-0.1, -0.05) is 25.5 Å². The Hall–Kier alpha value is -0.850. The van der Waals surface area contributed by atoms with Crippen molar-refractivity contribution in [2.75, 3.05) is 0 Å². The van der Waals surface area contributed by atoms with E-state index < -0.39 is 5.60 Å². The SMILES string of the molecule is C[C@]12CC[C@H](O)CC1=CC[C@@H]1[C@@H]2CC[C@]2(C)[C@H]1CC[C@]2(O)C#N. The number of fused-ring (bicyclic) bond motifs is 5. The quantitative estimate of drug-likeness (QED) is 0.530. The Morgan fingerprint density at radius 1 is 1.13 bits per heavy atom. The maximum Gasteiger partial charge on any atom is 0.156 e. The third-order valence-electron chi connectivity index (χ3n) is 8.41. The molecule has 4 aliphatic rings. The molecule has 0 aromatic carbocycles. The van der Waals surface area contributed by atoms with E-state index in [0.29, 0.717) is 24.2 Å². The molecular formula is C20H29NO2. The van der Waals surface area contributed by atoms with Crippen LogP contribution < -0.4 is 0 Å². The monoisotopic (exact) mass is 315 g/mol. The highest BCUT2D eigenvalue weighted by molar-refractivity contribution is 5.27. The van der Waals surface area contributed by atoms with E-state index in [1.165, 1.54) is 5.57 Å². The Kier molecular flexibility index (Phi) is 3.29. The number of hydrogen-bond donors (Lipinski definition) is 2. The van der Waals surface area contributed by atoms with Crippen LogP contribution in [-0.4, -0.2) is 21.9 Å². The molecule has 126 valence electrons. The van der Waals surface area contributed by atoms with Crippen molar-refractivity contribution in [2.45, 2.75) is 76.9 Å². The molecule has 0 radical (unpaired) electrons. The van der Waals surface area contributed by atoms with Gasteiger partial charge in [-0.25, -0.2) is 0 Å². The molecule has 3 fully saturated rings. The molecule has 0 unspecified atom stereocenters. The lowest BCUT2D eigenvalue weighted by Gasteiger charge is -2.58. The van der Waals surface area contributed by atoms with Crippen LogP contribution in [0.3, 0.4) is 0 Å². The van der Waals surface area contributed by atoms with E-state index in [0.717, 1.165) is 44.9 Å². The number of rotatable bonds is 0. The molecule has 3 nitrogen and oxygen atoms in total. The summed E-state index contributed by atoms with van der Waals surface area (Å²) in [5, 5.41) is 30.5. The van der Waals surface area contributed by atoms with Crippen LogP contribution in [0.5, 0.6) is 0 Å². The molecule has 2 N–H and O–H groups in total. The normalized spacial score (nSPS) is 55.2. The summed E-state index contributed by atoms with van der Waals surface area (Å²) in [5.74, 6) is 1.72. The second kappa shape index (κ2) is 4.83. The second-order valence-corrected chi connectivity index (χ2v) is 9.12. The van der Waals surface area contributed by atoms with Crippen LogP contribution in [-0.2, 0) is 0 Å². The first-order valence-electron chi connectivity index (χ1n) is 9.35. The Labute approximate surface area is 139 Å². The molecular weight excluding hydrogens is 286 g/mol. The van der Waals surface area contributed by atoms with Gasteiger partial charge in [0.05, 0.1) is 12.2 Å². The number of aliphatic hydroxyl groups excluding tert-OH is 1. The van der Waals surface area contributed by atoms with Crippen LogP contribution >= 0.6 is 0 Å². The minimum Gasteiger partial charge on any atom is -0.393 e. The first kappa shape index (κ1) is 15.7. The fourth-order valence-corrected chi connectivity index (χ4v) is 6.84. The van der Waals surface area contributed by atoms with Gasteiger partial charge in [0.2, 0.25) is 0 Å². The Morgan fingerprint density at radius 2 is 1.87 bits per heavy atom. The van der Waals surface area contributed by atoms with Crippen LogP contribution in [0.4, 0.5) is 0 Å². The minimum absolute atomic E-state index is 0.158. The van der Waals surface area contributed by atoms with E-state index in [1.54, 1.807) is 0 Å². The van der Waals surface area contributed by atoms with E-state index in [2.05, 4.69) is 26.0 Å². The molecule has 23 heavy (non-hydrogen) atoms. The van der Waals surface area contributed by atoms with Crippen LogP contribution in [0.15, 0.2) is 11.6 Å². The molecule has 0 spiro atoms. The molecule has 0 amide bonds. The number of nitrogens with zero attached hydrogens (tertiary/aromatic N) is 1. The highest BCUT2D eigenvalue weighted by atomic mass is 16.3. The van der Waals surface area contributed by atoms with Gasteiger partial charge in [-0.05, 0) is 74.5 Å². The Bertz CT molecular complexity index is 593. The van der Waals surface area contributed by atoms with E-state index in [-0.39, 0.29) is 16.9 Å². The highest BCUT2D eigenvalue weighted by Crippen LogP contribution is 2.66. The molecule has 0 aromatic heterocycles. The topological polar surface area (TPSA) is 64.2 Å². The zero-order valence-corrected chi connectivity index (χ0v) is 14.4. The number of nitriles is 1. The van der Waals surface area contributed by atoms with Gasteiger partial charge in [0, 0.05) is 5.41 Å². The van der Waals surface area contributed by atoms with Crippen molar-refractivity contribution in [1.82, 2.24) is 0 Å². The van der Waals surface area contributed by atoms with Crippen LogP contribution in [0.25, 0.3) is 0 Å². The molecule has 4 rings (SSSR count). The van der Waals surface area contributed by atoms with E-state index >= 15 is 0 Å². The van der Waals surface area contributed by atoms with Gasteiger partial charge in [-0.15, -0.1) is 0 Å². The summed E-state index contributed by atoms with van der Waals surface area (Å²) in [7, 11) is 0. The lowest BCUT2D eigenvalue weighted by Crippen LogP contribution is -2.54. The second-order valence-electron chi connectivity index (χ2n) is 9.12. The third-order valence-corrected chi connectivity index (χ3v) is 8.41. The molecule has 7 atom stereocenters. The smallest absolute Gasteiger partial charge is 0.156 e. The van der Waals surface area contributed by atoms with Gasteiger partial charge in [0.15, 0.2) is 5.60 Å². The molecule has 4 aliphatic carbocycles. The molecule has 3 saturated carbocycles.